The van der Waals surface area contributed by atoms with E-state index in [2.05, 4.69) is 26.1 Å². The van der Waals surface area contributed by atoms with Gasteiger partial charge in [0.1, 0.15) is 0 Å². The van der Waals surface area contributed by atoms with Gasteiger partial charge in [-0.15, -0.1) is 0 Å². The Morgan fingerprint density at radius 3 is 2.61 bits per heavy atom. The zero-order chi connectivity index (χ0) is 13.4. The molecule has 1 N–H and O–H groups in total. The van der Waals surface area contributed by atoms with Crippen molar-refractivity contribution in [1.29, 1.82) is 0 Å². The van der Waals surface area contributed by atoms with E-state index in [0.717, 1.165) is 25.7 Å². The van der Waals surface area contributed by atoms with Gasteiger partial charge in [0.05, 0.1) is 19.3 Å². The van der Waals surface area contributed by atoms with Gasteiger partial charge in [0, 0.05) is 12.6 Å². The summed E-state index contributed by atoms with van der Waals surface area (Å²) >= 11 is 0. The number of hydrogen-bond acceptors (Lipinski definition) is 3. The van der Waals surface area contributed by atoms with Crippen molar-refractivity contribution in [1.82, 2.24) is 5.32 Å². The highest BCUT2D eigenvalue weighted by atomic mass is 16.5. The Labute approximate surface area is 113 Å². The number of nitrogens with one attached hydrogen (secondary N) is 1. The summed E-state index contributed by atoms with van der Waals surface area (Å²) in [4.78, 5) is 0. The van der Waals surface area contributed by atoms with E-state index in [9.17, 15) is 0 Å². The van der Waals surface area contributed by atoms with Crippen molar-refractivity contribution in [3.05, 3.63) is 0 Å². The minimum Gasteiger partial charge on any atom is -0.379 e. The predicted octanol–water partition coefficient (Wildman–Crippen LogP) is 2.84. The van der Waals surface area contributed by atoms with Gasteiger partial charge in [0.2, 0.25) is 0 Å². The predicted molar refractivity (Wildman–Crippen MR) is 75.9 cm³/mol. The summed E-state index contributed by atoms with van der Waals surface area (Å²) in [6.07, 6.45) is 5.43. The second-order valence-electron chi connectivity index (χ2n) is 5.86. The van der Waals surface area contributed by atoms with Crippen molar-refractivity contribution in [2.45, 2.75) is 58.6 Å². The molecular formula is C15H31NO2. The molecule has 0 radical (unpaired) electrons. The summed E-state index contributed by atoms with van der Waals surface area (Å²) in [6, 6.07) is 0.526. The highest BCUT2D eigenvalue weighted by Crippen LogP contribution is 2.28. The minimum absolute atomic E-state index is 0.372. The van der Waals surface area contributed by atoms with Crippen molar-refractivity contribution in [2.24, 2.45) is 11.8 Å². The SMILES string of the molecule is CCC1CCC(NC)C(OCCOCC(C)C)C1. The molecule has 0 aliphatic heterocycles. The van der Waals surface area contributed by atoms with Gasteiger partial charge in [0.25, 0.3) is 0 Å². The third-order valence-corrected chi connectivity index (χ3v) is 3.86. The average Bonchev–Trinajstić information content (AvgIpc) is 2.37. The standard InChI is InChI=1S/C15H31NO2/c1-5-13-6-7-14(16-4)15(10-13)18-9-8-17-11-12(2)3/h12-16H,5-11H2,1-4H3. The van der Waals surface area contributed by atoms with Crippen LogP contribution in [-0.2, 0) is 9.47 Å². The molecule has 1 aliphatic rings. The van der Waals surface area contributed by atoms with Gasteiger partial charge in [-0.1, -0.05) is 27.2 Å². The molecule has 1 aliphatic carbocycles. The lowest BCUT2D eigenvalue weighted by molar-refractivity contribution is -0.0377. The summed E-state index contributed by atoms with van der Waals surface area (Å²) in [5.41, 5.74) is 0. The molecule has 0 saturated heterocycles. The van der Waals surface area contributed by atoms with E-state index >= 15 is 0 Å². The molecule has 3 atom stereocenters. The largest absolute Gasteiger partial charge is 0.379 e. The monoisotopic (exact) mass is 257 g/mol. The minimum atomic E-state index is 0.372. The van der Waals surface area contributed by atoms with Crippen molar-refractivity contribution in [3.63, 3.8) is 0 Å². The zero-order valence-corrected chi connectivity index (χ0v) is 12.6. The topological polar surface area (TPSA) is 30.5 Å². The fourth-order valence-electron chi connectivity index (χ4n) is 2.67. The van der Waals surface area contributed by atoms with Gasteiger partial charge in [-0.25, -0.2) is 0 Å². The van der Waals surface area contributed by atoms with Crippen LogP contribution in [0.2, 0.25) is 0 Å². The molecule has 1 fully saturated rings. The molecule has 108 valence electrons. The Kier molecular flexibility index (Phi) is 7.87. The number of ether oxygens (including phenoxy) is 2. The van der Waals surface area contributed by atoms with Crippen LogP contribution < -0.4 is 5.32 Å². The Balaban J connectivity index is 2.20. The molecule has 3 unspecified atom stereocenters. The Morgan fingerprint density at radius 1 is 1.22 bits per heavy atom. The highest BCUT2D eigenvalue weighted by Gasteiger charge is 2.29. The van der Waals surface area contributed by atoms with Crippen molar-refractivity contribution in [3.8, 4) is 0 Å². The fourth-order valence-corrected chi connectivity index (χ4v) is 2.67. The summed E-state index contributed by atoms with van der Waals surface area (Å²) < 4.78 is 11.6. The molecule has 0 aromatic carbocycles. The summed E-state index contributed by atoms with van der Waals surface area (Å²) in [5.74, 6) is 1.45. The van der Waals surface area contributed by atoms with Crippen molar-refractivity contribution in [2.75, 3.05) is 26.9 Å². The summed E-state index contributed by atoms with van der Waals surface area (Å²) in [5, 5.41) is 3.39. The third-order valence-electron chi connectivity index (χ3n) is 3.86. The fraction of sp³-hybridized carbons (Fsp3) is 1.00. The number of rotatable bonds is 8. The lowest BCUT2D eigenvalue weighted by Crippen LogP contribution is -2.44. The normalized spacial score (nSPS) is 28.8. The summed E-state index contributed by atoms with van der Waals surface area (Å²) in [6.45, 7) is 8.91. The van der Waals surface area contributed by atoms with Crippen LogP contribution in [-0.4, -0.2) is 39.0 Å². The second-order valence-corrected chi connectivity index (χ2v) is 5.86. The molecule has 1 saturated carbocycles. The molecule has 0 amide bonds. The van der Waals surface area contributed by atoms with Gasteiger partial charge in [-0.2, -0.15) is 0 Å². The highest BCUT2D eigenvalue weighted by molar-refractivity contribution is 4.84. The molecule has 3 heteroatoms. The molecule has 0 aromatic rings. The van der Waals surface area contributed by atoms with Crippen LogP contribution >= 0.6 is 0 Å². The number of hydrogen-bond donors (Lipinski definition) is 1. The average molecular weight is 257 g/mol. The Bertz CT molecular complexity index is 209. The maximum Gasteiger partial charge on any atom is 0.0731 e. The Morgan fingerprint density at radius 2 is 2.00 bits per heavy atom. The molecular weight excluding hydrogens is 226 g/mol. The maximum absolute atomic E-state index is 6.01. The van der Waals surface area contributed by atoms with Gasteiger partial charge in [0.15, 0.2) is 0 Å². The van der Waals surface area contributed by atoms with Crippen LogP contribution in [0.15, 0.2) is 0 Å². The van der Waals surface area contributed by atoms with E-state index in [-0.39, 0.29) is 0 Å². The van der Waals surface area contributed by atoms with E-state index in [4.69, 9.17) is 9.47 Å². The van der Waals surface area contributed by atoms with E-state index < -0.39 is 0 Å². The smallest absolute Gasteiger partial charge is 0.0731 e. The van der Waals surface area contributed by atoms with Crippen LogP contribution in [0.1, 0.15) is 46.5 Å². The Hall–Kier alpha value is -0.120. The van der Waals surface area contributed by atoms with E-state index in [1.165, 1.54) is 25.7 Å². The molecule has 0 heterocycles. The maximum atomic E-state index is 6.01. The zero-order valence-electron chi connectivity index (χ0n) is 12.6. The number of likely N-dealkylation sites (N-methyl/N-ethyl adjacent to an activating group) is 1. The molecule has 1 rings (SSSR count). The van der Waals surface area contributed by atoms with Crippen LogP contribution in [0.25, 0.3) is 0 Å². The van der Waals surface area contributed by atoms with E-state index in [0.29, 0.717) is 18.1 Å². The van der Waals surface area contributed by atoms with Gasteiger partial charge in [-0.3, -0.25) is 0 Å². The van der Waals surface area contributed by atoms with E-state index in [1.54, 1.807) is 0 Å². The second kappa shape index (κ2) is 8.89. The van der Waals surface area contributed by atoms with Crippen LogP contribution in [0, 0.1) is 11.8 Å². The molecule has 0 bridgehead atoms. The summed E-state index contributed by atoms with van der Waals surface area (Å²) in [7, 11) is 2.04. The molecule has 0 aromatic heterocycles. The third kappa shape index (κ3) is 5.68. The quantitative estimate of drug-likeness (QED) is 0.678. The van der Waals surface area contributed by atoms with Crippen LogP contribution in [0.3, 0.4) is 0 Å². The first-order chi connectivity index (χ1) is 8.67. The molecule has 3 nitrogen and oxygen atoms in total. The van der Waals surface area contributed by atoms with Gasteiger partial charge >= 0.3 is 0 Å². The lowest BCUT2D eigenvalue weighted by atomic mass is 9.82. The van der Waals surface area contributed by atoms with E-state index in [1.807, 2.05) is 7.05 Å². The van der Waals surface area contributed by atoms with Crippen LogP contribution in [0.5, 0.6) is 0 Å². The van der Waals surface area contributed by atoms with Gasteiger partial charge < -0.3 is 14.8 Å². The van der Waals surface area contributed by atoms with Crippen molar-refractivity contribution >= 4 is 0 Å². The first-order valence-electron chi connectivity index (χ1n) is 7.54. The molecule has 0 spiro atoms. The lowest BCUT2D eigenvalue weighted by Gasteiger charge is -2.35. The molecule has 18 heavy (non-hydrogen) atoms. The van der Waals surface area contributed by atoms with Gasteiger partial charge in [-0.05, 0) is 38.1 Å². The van der Waals surface area contributed by atoms with Crippen LogP contribution in [0.4, 0.5) is 0 Å². The van der Waals surface area contributed by atoms with Crippen molar-refractivity contribution < 1.29 is 9.47 Å². The first-order valence-corrected chi connectivity index (χ1v) is 7.54. The first kappa shape index (κ1) is 15.9.